The second-order valence-corrected chi connectivity index (χ2v) is 5.24. The molecule has 2 aliphatic carbocycles. The summed E-state index contributed by atoms with van der Waals surface area (Å²) in [6.45, 7) is 2.23. The van der Waals surface area contributed by atoms with E-state index >= 15 is 0 Å². The largest absolute Gasteiger partial charge is 0.401 e. The highest BCUT2D eigenvalue weighted by Crippen LogP contribution is 2.36. The predicted molar refractivity (Wildman–Crippen MR) is 60.9 cm³/mol. The third-order valence-electron chi connectivity index (χ3n) is 3.74. The monoisotopic (exact) mass is 250 g/mol. The second kappa shape index (κ2) is 5.14. The number of alkyl halides is 3. The average molecular weight is 250 g/mol. The molecule has 17 heavy (non-hydrogen) atoms. The van der Waals surface area contributed by atoms with E-state index < -0.39 is 12.7 Å². The lowest BCUT2D eigenvalue weighted by atomic mass is 10.2. The van der Waals surface area contributed by atoms with E-state index in [4.69, 9.17) is 0 Å². The lowest BCUT2D eigenvalue weighted by molar-refractivity contribution is -0.152. The molecule has 0 amide bonds. The van der Waals surface area contributed by atoms with Gasteiger partial charge in [-0.2, -0.15) is 13.2 Å². The zero-order valence-electron chi connectivity index (χ0n) is 10.3. The van der Waals surface area contributed by atoms with Crippen molar-refractivity contribution in [1.29, 1.82) is 0 Å². The summed E-state index contributed by atoms with van der Waals surface area (Å²) in [4.78, 5) is 1.71. The van der Waals surface area contributed by atoms with Gasteiger partial charge in [0.2, 0.25) is 0 Å². The first kappa shape index (κ1) is 13.1. The molecule has 2 atom stereocenters. The molecule has 0 radical (unpaired) electrons. The van der Waals surface area contributed by atoms with E-state index in [9.17, 15) is 13.2 Å². The fraction of sp³-hybridized carbons (Fsp3) is 1.00. The van der Waals surface area contributed by atoms with Crippen molar-refractivity contribution in [2.24, 2.45) is 0 Å². The van der Waals surface area contributed by atoms with E-state index in [2.05, 4.69) is 5.32 Å². The number of hydrogen-bond acceptors (Lipinski definition) is 2. The maximum absolute atomic E-state index is 12.5. The van der Waals surface area contributed by atoms with Gasteiger partial charge in [0, 0.05) is 18.1 Å². The first-order chi connectivity index (χ1) is 7.99. The minimum Gasteiger partial charge on any atom is -0.314 e. The van der Waals surface area contributed by atoms with Crippen LogP contribution in [0.4, 0.5) is 13.2 Å². The Labute approximate surface area is 101 Å². The fourth-order valence-electron chi connectivity index (χ4n) is 2.90. The van der Waals surface area contributed by atoms with Gasteiger partial charge in [-0.3, -0.25) is 4.90 Å². The number of halogens is 3. The van der Waals surface area contributed by atoms with Gasteiger partial charge in [0.25, 0.3) is 0 Å². The van der Waals surface area contributed by atoms with Crippen molar-refractivity contribution < 1.29 is 13.2 Å². The van der Waals surface area contributed by atoms with Gasteiger partial charge in [0.05, 0.1) is 6.54 Å². The summed E-state index contributed by atoms with van der Waals surface area (Å²) in [6.07, 6.45) is 0.625. The van der Waals surface area contributed by atoms with Crippen LogP contribution in [-0.4, -0.2) is 42.3 Å². The Balaban J connectivity index is 1.89. The minimum atomic E-state index is -4.06. The summed E-state index contributed by atoms with van der Waals surface area (Å²) in [5.41, 5.74) is 0. The van der Waals surface area contributed by atoms with E-state index in [1.165, 1.54) is 0 Å². The van der Waals surface area contributed by atoms with Gasteiger partial charge < -0.3 is 5.32 Å². The lowest BCUT2D eigenvalue weighted by Gasteiger charge is -2.29. The summed E-state index contributed by atoms with van der Waals surface area (Å²) in [5.74, 6) is 0. The van der Waals surface area contributed by atoms with Crippen LogP contribution in [0.15, 0.2) is 0 Å². The average Bonchev–Trinajstić information content (AvgIpc) is 2.95. The molecule has 2 saturated carbocycles. The van der Waals surface area contributed by atoms with Gasteiger partial charge in [0.1, 0.15) is 0 Å². The third kappa shape index (κ3) is 3.85. The molecule has 0 aromatic rings. The Bertz CT molecular complexity index is 251. The van der Waals surface area contributed by atoms with Gasteiger partial charge in [-0.15, -0.1) is 0 Å². The third-order valence-corrected chi connectivity index (χ3v) is 3.74. The number of hydrogen-bond donors (Lipinski definition) is 1. The molecular formula is C12H21F3N2. The SMILES string of the molecule is CCNC1CCC(N(CC(F)(F)F)C2CC2)C1. The maximum Gasteiger partial charge on any atom is 0.401 e. The number of nitrogens with zero attached hydrogens (tertiary/aromatic N) is 1. The fourth-order valence-corrected chi connectivity index (χ4v) is 2.90. The van der Waals surface area contributed by atoms with Crippen molar-refractivity contribution in [3.8, 4) is 0 Å². The van der Waals surface area contributed by atoms with E-state index in [0.717, 1.165) is 38.6 Å². The van der Waals surface area contributed by atoms with Crippen molar-refractivity contribution in [2.45, 2.75) is 63.3 Å². The molecule has 1 N–H and O–H groups in total. The molecule has 0 spiro atoms. The Morgan fingerprint density at radius 2 is 1.76 bits per heavy atom. The molecule has 2 unspecified atom stereocenters. The van der Waals surface area contributed by atoms with Gasteiger partial charge in [-0.1, -0.05) is 6.92 Å². The lowest BCUT2D eigenvalue weighted by Crippen LogP contribution is -2.43. The smallest absolute Gasteiger partial charge is 0.314 e. The normalized spacial score (nSPS) is 30.2. The molecule has 2 rings (SSSR count). The highest BCUT2D eigenvalue weighted by atomic mass is 19.4. The maximum atomic E-state index is 12.5. The molecule has 0 aromatic carbocycles. The summed E-state index contributed by atoms with van der Waals surface area (Å²) < 4.78 is 37.6. The van der Waals surface area contributed by atoms with Crippen molar-refractivity contribution in [3.63, 3.8) is 0 Å². The number of rotatable bonds is 5. The predicted octanol–water partition coefficient (Wildman–Crippen LogP) is 2.54. The van der Waals surface area contributed by atoms with Crippen LogP contribution in [0.1, 0.15) is 39.0 Å². The summed E-state index contributed by atoms with van der Waals surface area (Å²) in [6, 6.07) is 0.745. The molecule has 0 aromatic heterocycles. The van der Waals surface area contributed by atoms with Gasteiger partial charge in [-0.25, -0.2) is 0 Å². The minimum absolute atomic E-state index is 0.133. The van der Waals surface area contributed by atoms with Crippen molar-refractivity contribution in [3.05, 3.63) is 0 Å². The van der Waals surface area contributed by atoms with Gasteiger partial charge in [0.15, 0.2) is 0 Å². The highest BCUT2D eigenvalue weighted by Gasteiger charge is 2.43. The second-order valence-electron chi connectivity index (χ2n) is 5.24. The summed E-state index contributed by atoms with van der Waals surface area (Å²) in [7, 11) is 0. The molecule has 2 nitrogen and oxygen atoms in total. The molecular weight excluding hydrogens is 229 g/mol. The standard InChI is InChI=1S/C12H21F3N2/c1-2-16-9-3-4-11(7-9)17(10-5-6-10)8-12(13,14)15/h9-11,16H,2-8H2,1H3. The van der Waals surface area contributed by atoms with Crippen LogP contribution in [0.3, 0.4) is 0 Å². The molecule has 2 aliphatic rings. The number of nitrogens with one attached hydrogen (secondary N) is 1. The quantitative estimate of drug-likeness (QED) is 0.806. The van der Waals surface area contributed by atoms with Crippen LogP contribution in [0.5, 0.6) is 0 Å². The Kier molecular flexibility index (Phi) is 3.98. The van der Waals surface area contributed by atoms with Crippen LogP contribution in [-0.2, 0) is 0 Å². The molecule has 100 valence electrons. The zero-order valence-corrected chi connectivity index (χ0v) is 10.3. The first-order valence-electron chi connectivity index (χ1n) is 6.55. The van der Waals surface area contributed by atoms with Crippen LogP contribution in [0.2, 0.25) is 0 Å². The van der Waals surface area contributed by atoms with Gasteiger partial charge in [-0.05, 0) is 38.6 Å². The Hall–Kier alpha value is -0.290. The topological polar surface area (TPSA) is 15.3 Å². The van der Waals surface area contributed by atoms with Gasteiger partial charge >= 0.3 is 6.18 Å². The first-order valence-corrected chi connectivity index (χ1v) is 6.55. The van der Waals surface area contributed by atoms with Crippen molar-refractivity contribution in [2.75, 3.05) is 13.1 Å². The molecule has 0 heterocycles. The van der Waals surface area contributed by atoms with E-state index in [1.807, 2.05) is 6.92 Å². The van der Waals surface area contributed by atoms with E-state index in [1.54, 1.807) is 4.90 Å². The van der Waals surface area contributed by atoms with E-state index in [-0.39, 0.29) is 12.1 Å². The zero-order chi connectivity index (χ0) is 12.5. The molecule has 0 bridgehead atoms. The Morgan fingerprint density at radius 3 is 2.29 bits per heavy atom. The molecule has 5 heteroatoms. The van der Waals surface area contributed by atoms with E-state index in [0.29, 0.717) is 6.04 Å². The van der Waals surface area contributed by atoms with Crippen molar-refractivity contribution in [1.82, 2.24) is 10.2 Å². The van der Waals surface area contributed by atoms with Crippen LogP contribution in [0.25, 0.3) is 0 Å². The molecule has 0 aliphatic heterocycles. The molecule has 0 saturated heterocycles. The highest BCUT2D eigenvalue weighted by molar-refractivity contribution is 4.94. The molecule has 2 fully saturated rings. The summed E-state index contributed by atoms with van der Waals surface area (Å²) >= 11 is 0. The van der Waals surface area contributed by atoms with Crippen LogP contribution in [0, 0.1) is 0 Å². The van der Waals surface area contributed by atoms with Crippen molar-refractivity contribution >= 4 is 0 Å². The Morgan fingerprint density at radius 1 is 1.12 bits per heavy atom. The summed E-state index contributed by atoms with van der Waals surface area (Å²) in [5, 5.41) is 3.34. The van der Waals surface area contributed by atoms with Crippen LogP contribution >= 0.6 is 0 Å². The van der Waals surface area contributed by atoms with Crippen LogP contribution < -0.4 is 5.32 Å².